The van der Waals surface area contributed by atoms with Gasteiger partial charge in [-0.05, 0) is 71.1 Å². The Morgan fingerprint density at radius 3 is 2.55 bits per heavy atom. The lowest BCUT2D eigenvalue weighted by atomic mass is 9.93. The summed E-state index contributed by atoms with van der Waals surface area (Å²) in [7, 11) is 0. The van der Waals surface area contributed by atoms with Crippen molar-refractivity contribution < 1.29 is 4.74 Å². The van der Waals surface area contributed by atoms with Gasteiger partial charge in [0.25, 0.3) is 0 Å². The van der Waals surface area contributed by atoms with Crippen molar-refractivity contribution in [2.75, 3.05) is 0 Å². The summed E-state index contributed by atoms with van der Waals surface area (Å²) >= 11 is 0. The van der Waals surface area contributed by atoms with E-state index in [4.69, 9.17) is 10.00 Å². The Morgan fingerprint density at radius 1 is 0.966 bits per heavy atom. The number of fused-ring (bicyclic) bond motifs is 1. The van der Waals surface area contributed by atoms with Crippen molar-refractivity contribution in [1.29, 1.82) is 5.26 Å². The van der Waals surface area contributed by atoms with Crippen LogP contribution in [0.5, 0.6) is 5.75 Å². The molecule has 0 aliphatic rings. The highest BCUT2D eigenvalue weighted by Gasteiger charge is 2.10. The van der Waals surface area contributed by atoms with Gasteiger partial charge in [0.15, 0.2) is 0 Å². The van der Waals surface area contributed by atoms with Gasteiger partial charge >= 0.3 is 0 Å². The second-order valence-electron chi connectivity index (χ2n) is 7.42. The van der Waals surface area contributed by atoms with E-state index in [-0.39, 0.29) is 0 Å². The first-order chi connectivity index (χ1) is 14.1. The standard InChI is InChI=1S/C26H22N2O/c1-18(2)23-14-22-7-4-12-28-26(22)25(15-23)21-6-3-5-20(13-21)17-29-24-10-8-19(16-27)9-11-24/h3-15,18H,17H2,1-2H3. The molecule has 0 saturated heterocycles. The van der Waals surface area contributed by atoms with Gasteiger partial charge in [-0.15, -0.1) is 0 Å². The predicted molar refractivity (Wildman–Crippen MR) is 117 cm³/mol. The van der Waals surface area contributed by atoms with Gasteiger partial charge < -0.3 is 4.74 Å². The van der Waals surface area contributed by atoms with Crippen LogP contribution in [0.25, 0.3) is 22.0 Å². The highest BCUT2D eigenvalue weighted by molar-refractivity contribution is 5.94. The molecule has 0 fully saturated rings. The number of benzene rings is 3. The minimum Gasteiger partial charge on any atom is -0.489 e. The third-order valence-electron chi connectivity index (χ3n) is 5.02. The maximum absolute atomic E-state index is 8.91. The summed E-state index contributed by atoms with van der Waals surface area (Å²) in [5, 5.41) is 10.1. The molecule has 3 heteroatoms. The van der Waals surface area contributed by atoms with Gasteiger partial charge in [-0.3, -0.25) is 4.98 Å². The second kappa shape index (κ2) is 8.16. The van der Waals surface area contributed by atoms with Crippen molar-refractivity contribution in [2.45, 2.75) is 26.4 Å². The molecule has 0 N–H and O–H groups in total. The van der Waals surface area contributed by atoms with Crippen LogP contribution < -0.4 is 4.74 Å². The summed E-state index contributed by atoms with van der Waals surface area (Å²) in [5.74, 6) is 1.20. The van der Waals surface area contributed by atoms with E-state index in [0.717, 1.165) is 33.3 Å². The molecule has 29 heavy (non-hydrogen) atoms. The van der Waals surface area contributed by atoms with Crippen LogP contribution in [0.1, 0.15) is 36.5 Å². The molecule has 4 rings (SSSR count). The van der Waals surface area contributed by atoms with Crippen molar-refractivity contribution in [3.63, 3.8) is 0 Å². The fourth-order valence-corrected chi connectivity index (χ4v) is 3.39. The zero-order chi connectivity index (χ0) is 20.2. The third-order valence-corrected chi connectivity index (χ3v) is 5.02. The van der Waals surface area contributed by atoms with Crippen LogP contribution in [0.2, 0.25) is 0 Å². The molecule has 0 unspecified atom stereocenters. The quantitative estimate of drug-likeness (QED) is 0.399. The molecule has 0 bridgehead atoms. The molecular formula is C26H22N2O. The highest BCUT2D eigenvalue weighted by atomic mass is 16.5. The van der Waals surface area contributed by atoms with Crippen molar-refractivity contribution >= 4 is 10.9 Å². The summed E-state index contributed by atoms with van der Waals surface area (Å²) in [4.78, 5) is 4.64. The molecule has 0 aliphatic heterocycles. The molecular weight excluding hydrogens is 356 g/mol. The van der Waals surface area contributed by atoms with E-state index in [1.54, 1.807) is 12.1 Å². The molecule has 0 amide bonds. The number of hydrogen-bond acceptors (Lipinski definition) is 3. The van der Waals surface area contributed by atoms with Crippen LogP contribution in [-0.2, 0) is 6.61 Å². The highest BCUT2D eigenvalue weighted by Crippen LogP contribution is 2.32. The summed E-state index contributed by atoms with van der Waals surface area (Å²) in [6.07, 6.45) is 1.85. The van der Waals surface area contributed by atoms with E-state index in [1.807, 2.05) is 24.4 Å². The molecule has 1 aromatic heterocycles. The third kappa shape index (κ3) is 4.12. The fourth-order valence-electron chi connectivity index (χ4n) is 3.39. The molecule has 3 nitrogen and oxygen atoms in total. The molecule has 0 saturated carbocycles. The molecule has 142 valence electrons. The number of nitriles is 1. The number of nitrogens with zero attached hydrogens (tertiary/aromatic N) is 2. The molecule has 0 aliphatic carbocycles. The zero-order valence-corrected chi connectivity index (χ0v) is 16.6. The predicted octanol–water partition coefficient (Wildman–Crippen LogP) is 6.48. The van der Waals surface area contributed by atoms with E-state index >= 15 is 0 Å². The van der Waals surface area contributed by atoms with Crippen LogP contribution in [-0.4, -0.2) is 4.98 Å². The van der Waals surface area contributed by atoms with Crippen molar-refractivity contribution in [1.82, 2.24) is 4.98 Å². The van der Waals surface area contributed by atoms with E-state index in [9.17, 15) is 0 Å². The second-order valence-corrected chi connectivity index (χ2v) is 7.42. The Kier molecular flexibility index (Phi) is 5.27. The van der Waals surface area contributed by atoms with Crippen LogP contribution in [0.3, 0.4) is 0 Å². The number of pyridine rings is 1. The number of hydrogen-bond donors (Lipinski definition) is 0. The molecule has 0 radical (unpaired) electrons. The molecule has 3 aromatic carbocycles. The summed E-state index contributed by atoms with van der Waals surface area (Å²) < 4.78 is 5.91. The van der Waals surface area contributed by atoms with Gasteiger partial charge in [-0.1, -0.05) is 38.1 Å². The molecule has 0 atom stereocenters. The number of rotatable bonds is 5. The summed E-state index contributed by atoms with van der Waals surface area (Å²) in [6.45, 7) is 4.89. The number of aromatic nitrogens is 1. The van der Waals surface area contributed by atoms with Crippen molar-refractivity contribution in [3.8, 4) is 22.9 Å². The largest absolute Gasteiger partial charge is 0.489 e. The molecule has 0 spiro atoms. The van der Waals surface area contributed by atoms with E-state index in [0.29, 0.717) is 18.1 Å². The molecule has 1 heterocycles. The lowest BCUT2D eigenvalue weighted by Crippen LogP contribution is -1.96. The van der Waals surface area contributed by atoms with Crippen LogP contribution in [0.15, 0.2) is 79.0 Å². The van der Waals surface area contributed by atoms with Gasteiger partial charge in [-0.2, -0.15) is 5.26 Å². The minimum absolute atomic E-state index is 0.446. The SMILES string of the molecule is CC(C)c1cc(-c2cccc(COc3ccc(C#N)cc3)c2)c2ncccc2c1. The average molecular weight is 378 g/mol. The monoisotopic (exact) mass is 378 g/mol. The summed E-state index contributed by atoms with van der Waals surface area (Å²) in [6, 6.07) is 26.3. The van der Waals surface area contributed by atoms with Crippen LogP contribution >= 0.6 is 0 Å². The zero-order valence-electron chi connectivity index (χ0n) is 16.6. The van der Waals surface area contributed by atoms with Gasteiger partial charge in [0.2, 0.25) is 0 Å². The Balaban J connectivity index is 1.65. The first-order valence-corrected chi connectivity index (χ1v) is 9.75. The maximum atomic E-state index is 8.91. The summed E-state index contributed by atoms with van der Waals surface area (Å²) in [5.41, 5.74) is 6.32. The van der Waals surface area contributed by atoms with Crippen LogP contribution in [0, 0.1) is 11.3 Å². The minimum atomic E-state index is 0.446. The van der Waals surface area contributed by atoms with Gasteiger partial charge in [0.05, 0.1) is 17.1 Å². The number of ether oxygens (including phenoxy) is 1. The van der Waals surface area contributed by atoms with E-state index < -0.39 is 0 Å². The lowest BCUT2D eigenvalue weighted by Gasteiger charge is -2.13. The average Bonchev–Trinajstić information content (AvgIpc) is 2.77. The first-order valence-electron chi connectivity index (χ1n) is 9.75. The van der Waals surface area contributed by atoms with Gasteiger partial charge in [0.1, 0.15) is 12.4 Å². The van der Waals surface area contributed by atoms with E-state index in [1.165, 1.54) is 5.56 Å². The maximum Gasteiger partial charge on any atom is 0.119 e. The smallest absolute Gasteiger partial charge is 0.119 e. The van der Waals surface area contributed by atoms with Gasteiger partial charge in [-0.25, -0.2) is 0 Å². The van der Waals surface area contributed by atoms with Crippen molar-refractivity contribution in [2.24, 2.45) is 0 Å². The van der Waals surface area contributed by atoms with Crippen LogP contribution in [0.4, 0.5) is 0 Å². The fraction of sp³-hybridized carbons (Fsp3) is 0.154. The first kappa shape index (κ1) is 18.7. The van der Waals surface area contributed by atoms with Gasteiger partial charge in [0, 0.05) is 17.1 Å². The van der Waals surface area contributed by atoms with Crippen molar-refractivity contribution in [3.05, 3.63) is 95.7 Å². The Morgan fingerprint density at radius 2 is 1.79 bits per heavy atom. The molecule has 4 aromatic rings. The topological polar surface area (TPSA) is 45.9 Å². The Bertz CT molecular complexity index is 1190. The lowest BCUT2D eigenvalue weighted by molar-refractivity contribution is 0.306. The van der Waals surface area contributed by atoms with E-state index in [2.05, 4.69) is 67.4 Å². The normalized spacial score (nSPS) is 10.8. The Hall–Kier alpha value is -3.64. The Labute approximate surface area is 171 Å².